The van der Waals surface area contributed by atoms with Crippen LogP contribution < -0.4 is 14.2 Å². The number of hydrogen-bond acceptors (Lipinski definition) is 6. The second kappa shape index (κ2) is 18.2. The minimum Gasteiger partial charge on any atom is -0.491 e. The van der Waals surface area contributed by atoms with E-state index in [0.29, 0.717) is 51.0 Å². The molecule has 0 radical (unpaired) electrons. The third kappa shape index (κ3) is 12.2. The van der Waals surface area contributed by atoms with Crippen molar-refractivity contribution >= 4 is 12.0 Å². The lowest BCUT2D eigenvalue weighted by Gasteiger charge is -2.14. The van der Waals surface area contributed by atoms with Crippen LogP contribution in [0.3, 0.4) is 0 Å². The van der Waals surface area contributed by atoms with Crippen LogP contribution in [0.5, 0.6) is 17.2 Å². The Kier molecular flexibility index (Phi) is 14.9. The SMILES string of the molecule is CCCCCOc1ccc(CCOc2ccc(/C=C\C(=O)OCCOCC)cc2OCCCC)cc1F. The molecule has 2 aromatic carbocycles. The molecule has 0 amide bonds. The van der Waals surface area contributed by atoms with E-state index in [2.05, 4.69) is 13.8 Å². The fourth-order valence-corrected chi connectivity index (χ4v) is 3.37. The van der Waals surface area contributed by atoms with Gasteiger partial charge in [0, 0.05) is 19.1 Å². The van der Waals surface area contributed by atoms with E-state index >= 15 is 0 Å². The number of carbonyl (C=O) groups is 1. The number of ether oxygens (including phenoxy) is 5. The zero-order chi connectivity index (χ0) is 26.7. The number of rotatable bonds is 19. The summed E-state index contributed by atoms with van der Waals surface area (Å²) >= 11 is 0. The van der Waals surface area contributed by atoms with Crippen LogP contribution in [0, 0.1) is 5.82 Å². The van der Waals surface area contributed by atoms with Gasteiger partial charge in [-0.05, 0) is 61.2 Å². The zero-order valence-electron chi connectivity index (χ0n) is 22.4. The molecule has 0 aliphatic carbocycles. The van der Waals surface area contributed by atoms with Crippen LogP contribution in [-0.2, 0) is 20.7 Å². The summed E-state index contributed by atoms with van der Waals surface area (Å²) in [6.07, 6.45) is 8.60. The quantitative estimate of drug-likeness (QED) is 0.116. The van der Waals surface area contributed by atoms with Gasteiger partial charge in [-0.3, -0.25) is 0 Å². The Morgan fingerprint density at radius 2 is 1.51 bits per heavy atom. The van der Waals surface area contributed by atoms with Crippen molar-refractivity contribution in [2.75, 3.05) is 39.6 Å². The van der Waals surface area contributed by atoms with Crippen LogP contribution in [0.25, 0.3) is 6.08 Å². The monoisotopic (exact) mass is 516 g/mol. The Bertz CT molecular complexity index is 959. The van der Waals surface area contributed by atoms with Crippen LogP contribution in [0.4, 0.5) is 4.39 Å². The van der Waals surface area contributed by atoms with E-state index in [9.17, 15) is 9.18 Å². The van der Waals surface area contributed by atoms with Gasteiger partial charge < -0.3 is 23.7 Å². The van der Waals surface area contributed by atoms with E-state index in [1.54, 1.807) is 12.1 Å². The van der Waals surface area contributed by atoms with E-state index in [1.807, 2.05) is 31.2 Å². The highest BCUT2D eigenvalue weighted by molar-refractivity contribution is 5.87. The van der Waals surface area contributed by atoms with Crippen molar-refractivity contribution in [3.05, 3.63) is 59.4 Å². The summed E-state index contributed by atoms with van der Waals surface area (Å²) in [6.45, 7) is 8.72. The normalized spacial score (nSPS) is 11.0. The lowest BCUT2D eigenvalue weighted by atomic mass is 10.1. The van der Waals surface area contributed by atoms with Crippen molar-refractivity contribution < 1.29 is 32.9 Å². The summed E-state index contributed by atoms with van der Waals surface area (Å²) in [5.41, 5.74) is 1.62. The maximum atomic E-state index is 14.4. The van der Waals surface area contributed by atoms with Gasteiger partial charge in [0.1, 0.15) is 6.61 Å². The van der Waals surface area contributed by atoms with Gasteiger partial charge in [-0.2, -0.15) is 0 Å². The average molecular weight is 517 g/mol. The van der Waals surface area contributed by atoms with Gasteiger partial charge in [-0.25, -0.2) is 9.18 Å². The van der Waals surface area contributed by atoms with Crippen LogP contribution in [0.2, 0.25) is 0 Å². The third-order valence-corrected chi connectivity index (χ3v) is 5.46. The molecule has 0 saturated carbocycles. The van der Waals surface area contributed by atoms with Crippen LogP contribution >= 0.6 is 0 Å². The molecule has 0 spiro atoms. The van der Waals surface area contributed by atoms with E-state index < -0.39 is 5.97 Å². The van der Waals surface area contributed by atoms with Gasteiger partial charge in [-0.1, -0.05) is 45.2 Å². The molecule has 0 fully saturated rings. The van der Waals surface area contributed by atoms with Crippen LogP contribution in [0.1, 0.15) is 64.0 Å². The molecule has 2 rings (SSSR count). The summed E-state index contributed by atoms with van der Waals surface area (Å²) in [4.78, 5) is 11.9. The summed E-state index contributed by atoms with van der Waals surface area (Å²) in [5, 5.41) is 0. The number of halogens is 1. The van der Waals surface area contributed by atoms with Crippen molar-refractivity contribution in [1.29, 1.82) is 0 Å². The number of esters is 1. The molecule has 6 nitrogen and oxygen atoms in total. The Morgan fingerprint density at radius 1 is 0.784 bits per heavy atom. The largest absolute Gasteiger partial charge is 0.491 e. The van der Waals surface area contributed by atoms with Gasteiger partial charge >= 0.3 is 5.97 Å². The first-order chi connectivity index (χ1) is 18.1. The van der Waals surface area contributed by atoms with Crippen molar-refractivity contribution in [2.24, 2.45) is 0 Å². The fraction of sp³-hybridized carbons (Fsp3) is 0.500. The molecule has 0 aromatic heterocycles. The van der Waals surface area contributed by atoms with Gasteiger partial charge in [0.15, 0.2) is 23.1 Å². The molecule has 0 bridgehead atoms. The molecule has 7 heteroatoms. The minimum absolute atomic E-state index is 0.216. The molecule has 2 aromatic rings. The first kappa shape index (κ1) is 30.2. The van der Waals surface area contributed by atoms with E-state index in [1.165, 1.54) is 12.1 Å². The Hall–Kier alpha value is -3.06. The lowest BCUT2D eigenvalue weighted by Crippen LogP contribution is -2.08. The standard InChI is InChI=1S/C30H41FO6/c1-4-7-9-18-34-27-13-10-25(22-26(27)31)16-19-36-28-14-11-24(23-29(28)35-17-8-5-2)12-15-30(32)37-21-20-33-6-3/h10-15,22-23H,4-9,16-21H2,1-3H3/b15-12-. The van der Waals surface area contributed by atoms with Gasteiger partial charge in [0.25, 0.3) is 0 Å². The van der Waals surface area contributed by atoms with Gasteiger partial charge in [0.05, 0.1) is 26.4 Å². The number of unbranched alkanes of at least 4 members (excludes halogenated alkanes) is 3. The third-order valence-electron chi connectivity index (χ3n) is 5.46. The topological polar surface area (TPSA) is 63.2 Å². The van der Waals surface area contributed by atoms with Gasteiger partial charge in [0.2, 0.25) is 0 Å². The molecule has 0 saturated heterocycles. The van der Waals surface area contributed by atoms with E-state index in [-0.39, 0.29) is 18.2 Å². The fourth-order valence-electron chi connectivity index (χ4n) is 3.37. The molecule has 0 unspecified atom stereocenters. The Balaban J connectivity index is 1.94. The van der Waals surface area contributed by atoms with E-state index in [4.69, 9.17) is 23.7 Å². The first-order valence-corrected chi connectivity index (χ1v) is 13.3. The maximum absolute atomic E-state index is 14.4. The molecule has 0 atom stereocenters. The molecule has 0 aliphatic heterocycles. The summed E-state index contributed by atoms with van der Waals surface area (Å²) in [5.74, 6) is 0.698. The summed E-state index contributed by atoms with van der Waals surface area (Å²) in [7, 11) is 0. The highest BCUT2D eigenvalue weighted by Gasteiger charge is 2.09. The minimum atomic E-state index is -0.432. The number of hydrogen-bond donors (Lipinski definition) is 0. The predicted molar refractivity (Wildman–Crippen MR) is 144 cm³/mol. The summed E-state index contributed by atoms with van der Waals surface area (Å²) in [6, 6.07) is 10.5. The van der Waals surface area contributed by atoms with Crippen LogP contribution in [0.15, 0.2) is 42.5 Å². The highest BCUT2D eigenvalue weighted by atomic mass is 19.1. The maximum Gasteiger partial charge on any atom is 0.330 e. The molecule has 0 N–H and O–H groups in total. The smallest absolute Gasteiger partial charge is 0.330 e. The number of benzene rings is 2. The Labute approximate surface area is 220 Å². The predicted octanol–water partition coefficient (Wildman–Crippen LogP) is 6.79. The number of carbonyl (C=O) groups excluding carboxylic acids is 1. The summed E-state index contributed by atoms with van der Waals surface area (Å²) < 4.78 is 42.1. The molecule has 0 heterocycles. The molecular formula is C30H41FO6. The first-order valence-electron chi connectivity index (χ1n) is 13.3. The van der Waals surface area contributed by atoms with Gasteiger partial charge in [-0.15, -0.1) is 0 Å². The second-order valence-electron chi connectivity index (χ2n) is 8.52. The second-order valence-corrected chi connectivity index (χ2v) is 8.52. The lowest BCUT2D eigenvalue weighted by molar-refractivity contribution is -0.139. The van der Waals surface area contributed by atoms with Crippen molar-refractivity contribution in [2.45, 2.75) is 59.3 Å². The molecule has 37 heavy (non-hydrogen) atoms. The zero-order valence-corrected chi connectivity index (χ0v) is 22.4. The highest BCUT2D eigenvalue weighted by Crippen LogP contribution is 2.30. The Morgan fingerprint density at radius 3 is 2.27 bits per heavy atom. The average Bonchev–Trinajstić information content (AvgIpc) is 2.90. The molecule has 0 aliphatic rings. The van der Waals surface area contributed by atoms with Crippen LogP contribution in [-0.4, -0.2) is 45.6 Å². The van der Waals surface area contributed by atoms with Crippen molar-refractivity contribution in [3.63, 3.8) is 0 Å². The molecule has 204 valence electrons. The van der Waals surface area contributed by atoms with Crippen molar-refractivity contribution in [1.82, 2.24) is 0 Å². The molecular weight excluding hydrogens is 475 g/mol. The van der Waals surface area contributed by atoms with Crippen molar-refractivity contribution in [3.8, 4) is 17.2 Å². The van der Waals surface area contributed by atoms with E-state index in [0.717, 1.165) is 43.2 Å².